The van der Waals surface area contributed by atoms with E-state index < -0.39 is 5.60 Å². The molecule has 0 atom stereocenters. The van der Waals surface area contributed by atoms with Gasteiger partial charge < -0.3 is 14.4 Å². The molecule has 5 heteroatoms. The Morgan fingerprint density at radius 3 is 2.68 bits per heavy atom. The van der Waals surface area contributed by atoms with Gasteiger partial charge in [-0.15, -0.1) is 0 Å². The van der Waals surface area contributed by atoms with E-state index >= 15 is 0 Å². The second kappa shape index (κ2) is 5.61. The first kappa shape index (κ1) is 17.3. The first-order valence-electron chi connectivity index (χ1n) is 9.06. The van der Waals surface area contributed by atoms with E-state index in [1.807, 2.05) is 67.9 Å². The molecule has 2 heterocycles. The fourth-order valence-electron chi connectivity index (χ4n) is 4.12. The number of hydrogen-bond donors (Lipinski definition) is 1. The molecule has 3 aromatic carbocycles. The summed E-state index contributed by atoms with van der Waals surface area (Å²) in [4.78, 5) is 13.5. The third-order valence-corrected chi connectivity index (χ3v) is 5.91. The van der Waals surface area contributed by atoms with E-state index in [2.05, 4.69) is 15.9 Å². The molecule has 1 N–H and O–H groups in total. The lowest BCUT2D eigenvalue weighted by Gasteiger charge is -2.29. The highest BCUT2D eigenvalue weighted by molar-refractivity contribution is 9.10. The van der Waals surface area contributed by atoms with Gasteiger partial charge in [0, 0.05) is 23.2 Å². The van der Waals surface area contributed by atoms with E-state index in [1.54, 1.807) is 6.07 Å². The minimum atomic E-state index is -0.466. The first-order valence-corrected chi connectivity index (χ1v) is 9.85. The molecule has 0 aliphatic carbocycles. The van der Waals surface area contributed by atoms with Crippen molar-refractivity contribution in [2.75, 3.05) is 0 Å². The Morgan fingerprint density at radius 2 is 1.89 bits per heavy atom. The minimum Gasteiger partial charge on any atom is -0.507 e. The zero-order valence-electron chi connectivity index (χ0n) is 15.7. The number of fused-ring (bicyclic) bond motifs is 6. The highest BCUT2D eigenvalue weighted by Crippen LogP contribution is 2.40. The van der Waals surface area contributed by atoms with Crippen LogP contribution in [-0.4, -0.2) is 15.3 Å². The molecular formula is C23H18BrNO3. The lowest BCUT2D eigenvalue weighted by atomic mass is 9.96. The topological polar surface area (TPSA) is 51.5 Å². The Hall–Kier alpha value is -2.79. The molecule has 0 fully saturated rings. The maximum Gasteiger partial charge on any atom is 0.201 e. The Bertz CT molecular complexity index is 1410. The van der Waals surface area contributed by atoms with E-state index in [9.17, 15) is 9.90 Å². The molecule has 5 rings (SSSR count). The van der Waals surface area contributed by atoms with Crippen LogP contribution in [0.25, 0.3) is 38.7 Å². The van der Waals surface area contributed by atoms with Crippen LogP contribution >= 0.6 is 15.9 Å². The molecule has 4 nitrogen and oxygen atoms in total. The highest BCUT2D eigenvalue weighted by atomic mass is 79.9. The van der Waals surface area contributed by atoms with Gasteiger partial charge in [0.15, 0.2) is 0 Å². The second-order valence-electron chi connectivity index (χ2n) is 7.78. The molecule has 28 heavy (non-hydrogen) atoms. The van der Waals surface area contributed by atoms with Crippen molar-refractivity contribution in [3.8, 4) is 11.5 Å². The van der Waals surface area contributed by atoms with E-state index in [0.29, 0.717) is 22.0 Å². The molecule has 0 spiro atoms. The molecule has 0 bridgehead atoms. The van der Waals surface area contributed by atoms with Gasteiger partial charge in [0.05, 0.1) is 21.8 Å². The Morgan fingerprint density at radius 1 is 1.11 bits per heavy atom. The SMILES string of the molecule is Cn1c2ccc3cc(Br)ccc3c2c(=O)c2c(O)cc3c(c21)C=CC(C)(C)O3. The second-order valence-corrected chi connectivity index (χ2v) is 8.70. The smallest absolute Gasteiger partial charge is 0.201 e. The minimum absolute atomic E-state index is 0.0588. The van der Waals surface area contributed by atoms with Crippen LogP contribution in [0.5, 0.6) is 11.5 Å². The molecule has 1 aromatic heterocycles. The van der Waals surface area contributed by atoms with Crippen molar-refractivity contribution >= 4 is 54.6 Å². The van der Waals surface area contributed by atoms with Crippen molar-refractivity contribution in [3.63, 3.8) is 0 Å². The Labute approximate surface area is 169 Å². The number of aromatic nitrogens is 1. The largest absolute Gasteiger partial charge is 0.507 e. The van der Waals surface area contributed by atoms with Crippen molar-refractivity contribution in [2.24, 2.45) is 7.05 Å². The van der Waals surface area contributed by atoms with Crippen molar-refractivity contribution in [1.29, 1.82) is 0 Å². The summed E-state index contributed by atoms with van der Waals surface area (Å²) in [7, 11) is 1.92. The number of pyridine rings is 1. The van der Waals surface area contributed by atoms with Crippen LogP contribution in [0, 0.1) is 0 Å². The predicted octanol–water partition coefficient (Wildman–Crippen LogP) is 5.50. The van der Waals surface area contributed by atoms with Crippen LogP contribution in [0.1, 0.15) is 19.4 Å². The average Bonchev–Trinajstić information content (AvgIpc) is 2.63. The summed E-state index contributed by atoms with van der Waals surface area (Å²) in [5.74, 6) is 0.521. The maximum atomic E-state index is 13.5. The molecule has 1 aliphatic rings. The lowest BCUT2D eigenvalue weighted by molar-refractivity contribution is 0.159. The van der Waals surface area contributed by atoms with Crippen molar-refractivity contribution in [3.05, 3.63) is 62.7 Å². The van der Waals surface area contributed by atoms with E-state index in [4.69, 9.17) is 4.74 Å². The number of benzene rings is 3. The van der Waals surface area contributed by atoms with Crippen molar-refractivity contribution in [1.82, 2.24) is 4.57 Å². The van der Waals surface area contributed by atoms with Crippen molar-refractivity contribution < 1.29 is 9.84 Å². The average molecular weight is 436 g/mol. The summed E-state index contributed by atoms with van der Waals surface area (Å²) in [5, 5.41) is 13.5. The number of hydrogen-bond acceptors (Lipinski definition) is 3. The first-order chi connectivity index (χ1) is 13.3. The fourth-order valence-corrected chi connectivity index (χ4v) is 4.50. The van der Waals surface area contributed by atoms with E-state index in [0.717, 1.165) is 26.3 Å². The zero-order valence-corrected chi connectivity index (χ0v) is 17.3. The lowest BCUT2D eigenvalue weighted by Crippen LogP contribution is -2.28. The number of aryl methyl sites for hydroxylation is 1. The molecular weight excluding hydrogens is 418 g/mol. The van der Waals surface area contributed by atoms with Gasteiger partial charge in [-0.3, -0.25) is 4.79 Å². The van der Waals surface area contributed by atoms with Crippen molar-refractivity contribution in [2.45, 2.75) is 19.4 Å². The molecule has 140 valence electrons. The quantitative estimate of drug-likeness (QED) is 0.293. The molecule has 0 saturated carbocycles. The van der Waals surface area contributed by atoms with E-state index in [-0.39, 0.29) is 11.2 Å². The number of phenolic OH excluding ortho intramolecular Hbond substituents is 1. The number of nitrogens with zero attached hydrogens (tertiary/aromatic N) is 1. The van der Waals surface area contributed by atoms with Crippen LogP contribution in [0.4, 0.5) is 0 Å². The summed E-state index contributed by atoms with van der Waals surface area (Å²) >= 11 is 3.49. The maximum absolute atomic E-state index is 13.5. The van der Waals surface area contributed by atoms with Crippen LogP contribution in [0.15, 0.2) is 51.7 Å². The zero-order chi connectivity index (χ0) is 19.8. The third kappa shape index (κ3) is 2.32. The highest BCUT2D eigenvalue weighted by Gasteiger charge is 2.26. The number of rotatable bonds is 0. The standard InChI is InChI=1S/C23H18BrNO3/c1-23(2)9-8-15-18(28-23)11-17(26)20-21(15)25(3)16-7-4-12-10-13(24)5-6-14(12)19(16)22(20)27/h4-11,26H,1-3H3. The van der Waals surface area contributed by atoms with Crippen LogP contribution in [0.3, 0.4) is 0 Å². The summed E-state index contributed by atoms with van der Waals surface area (Å²) in [6.07, 6.45) is 3.95. The molecule has 0 amide bonds. The van der Waals surface area contributed by atoms with Crippen LogP contribution in [0.2, 0.25) is 0 Å². The van der Waals surface area contributed by atoms with Gasteiger partial charge in [0.2, 0.25) is 5.43 Å². The summed E-state index contributed by atoms with van der Waals surface area (Å²) in [6, 6.07) is 11.4. The summed E-state index contributed by atoms with van der Waals surface area (Å²) < 4.78 is 8.96. The molecule has 0 unspecified atom stereocenters. The van der Waals surface area contributed by atoms with Gasteiger partial charge in [-0.25, -0.2) is 0 Å². The fraction of sp³-hybridized carbons (Fsp3) is 0.174. The van der Waals surface area contributed by atoms with Gasteiger partial charge in [-0.05, 0) is 55.0 Å². The number of ether oxygens (including phenoxy) is 1. The normalized spacial score (nSPS) is 15.1. The summed E-state index contributed by atoms with van der Waals surface area (Å²) in [6.45, 7) is 3.91. The molecule has 1 aliphatic heterocycles. The monoisotopic (exact) mass is 435 g/mol. The van der Waals surface area contributed by atoms with Gasteiger partial charge in [-0.1, -0.05) is 28.1 Å². The van der Waals surface area contributed by atoms with Gasteiger partial charge in [-0.2, -0.15) is 0 Å². The van der Waals surface area contributed by atoms with E-state index in [1.165, 1.54) is 0 Å². The summed E-state index contributed by atoms with van der Waals surface area (Å²) in [5.41, 5.74) is 1.67. The number of phenols is 1. The molecule has 0 saturated heterocycles. The Kier molecular flexibility index (Phi) is 3.47. The predicted molar refractivity (Wildman–Crippen MR) is 117 cm³/mol. The number of halogens is 1. The third-order valence-electron chi connectivity index (χ3n) is 5.42. The molecule has 4 aromatic rings. The van der Waals surface area contributed by atoms with Crippen LogP contribution in [-0.2, 0) is 7.05 Å². The molecule has 0 radical (unpaired) electrons. The van der Waals surface area contributed by atoms with Crippen LogP contribution < -0.4 is 10.2 Å². The van der Waals surface area contributed by atoms with Gasteiger partial charge in [0.25, 0.3) is 0 Å². The Balaban J connectivity index is 2.02. The van der Waals surface area contributed by atoms with Gasteiger partial charge in [0.1, 0.15) is 17.1 Å². The van der Waals surface area contributed by atoms with Gasteiger partial charge >= 0.3 is 0 Å². The number of aromatic hydroxyl groups is 1.